The summed E-state index contributed by atoms with van der Waals surface area (Å²) < 4.78 is 44.3. The number of alkyl halides is 3. The van der Waals surface area contributed by atoms with Crippen LogP contribution >= 0.6 is 11.6 Å². The minimum Gasteiger partial charge on any atom is -0.465 e. The van der Waals surface area contributed by atoms with Crippen LogP contribution in [-0.4, -0.2) is 43.1 Å². The van der Waals surface area contributed by atoms with E-state index in [2.05, 4.69) is 16.4 Å². The van der Waals surface area contributed by atoms with Gasteiger partial charge in [0.05, 0.1) is 12.7 Å². The van der Waals surface area contributed by atoms with E-state index in [0.29, 0.717) is 18.0 Å². The molecule has 1 N–H and O–H groups in total. The number of fused-ring (bicyclic) bond motifs is 1. The van der Waals surface area contributed by atoms with Crippen LogP contribution < -0.4 is 4.74 Å². The number of esters is 1. The van der Waals surface area contributed by atoms with Crippen molar-refractivity contribution in [3.05, 3.63) is 100 Å². The first-order valence-electron chi connectivity index (χ1n) is 12.6. The standard InChI is InChI=1S/C14H20O3.C10H10F3NO.C6H5Cl/c1-3-4-11(9-10-15)12-5-7-13(8-6-12)14(16)17-2;1-14-5-7-2-3-9(4-8(7)6-14)15-10(11,12)13;7-6-4-2-1-3-5-6/h5-8,11,15H,3-4,9-10H2,1-2H3;2-4H,5-6H2,1H3;1-5H. The average Bonchev–Trinajstić information content (AvgIpc) is 3.28. The zero-order valence-corrected chi connectivity index (χ0v) is 23.1. The Balaban J connectivity index is 0.000000221. The summed E-state index contributed by atoms with van der Waals surface area (Å²) in [7, 11) is 3.30. The Morgan fingerprint density at radius 2 is 1.64 bits per heavy atom. The van der Waals surface area contributed by atoms with Crippen LogP contribution in [0.1, 0.15) is 59.2 Å². The Hall–Kier alpha value is -3.07. The SMILES string of the molecule is CCCC(CCO)c1ccc(C(=O)OC)cc1.CN1Cc2ccc(OC(F)(F)F)cc2C1.Clc1ccccc1. The van der Waals surface area contributed by atoms with E-state index in [1.807, 2.05) is 54.4 Å². The van der Waals surface area contributed by atoms with Crippen molar-refractivity contribution in [2.24, 2.45) is 0 Å². The molecule has 1 heterocycles. The van der Waals surface area contributed by atoms with E-state index in [0.717, 1.165) is 42.0 Å². The molecule has 1 aliphatic heterocycles. The highest BCUT2D eigenvalue weighted by atomic mass is 35.5. The first kappa shape index (κ1) is 32.1. The molecule has 9 heteroatoms. The molecule has 1 atom stereocenters. The summed E-state index contributed by atoms with van der Waals surface area (Å²) in [5.41, 5.74) is 3.70. The minimum atomic E-state index is -4.61. The monoisotopic (exact) mass is 565 g/mol. The topological polar surface area (TPSA) is 59.0 Å². The van der Waals surface area contributed by atoms with E-state index in [4.69, 9.17) is 16.7 Å². The van der Waals surface area contributed by atoms with Crippen molar-refractivity contribution in [2.75, 3.05) is 20.8 Å². The molecule has 39 heavy (non-hydrogen) atoms. The second kappa shape index (κ2) is 16.1. The van der Waals surface area contributed by atoms with Crippen LogP contribution in [0.5, 0.6) is 5.75 Å². The maximum absolute atomic E-state index is 11.9. The Bertz CT molecular complexity index is 1140. The lowest BCUT2D eigenvalue weighted by Gasteiger charge is -2.15. The Labute approximate surface area is 233 Å². The van der Waals surface area contributed by atoms with Gasteiger partial charge in [-0.25, -0.2) is 4.79 Å². The molecular formula is C30H35ClF3NO4. The maximum atomic E-state index is 11.9. The molecule has 3 aromatic carbocycles. The summed E-state index contributed by atoms with van der Waals surface area (Å²) in [4.78, 5) is 13.3. The zero-order chi connectivity index (χ0) is 28.8. The third kappa shape index (κ3) is 11.7. The molecule has 0 aliphatic carbocycles. The molecule has 5 nitrogen and oxygen atoms in total. The fourth-order valence-corrected chi connectivity index (χ4v) is 4.29. The van der Waals surface area contributed by atoms with Gasteiger partial charge in [0.1, 0.15) is 5.75 Å². The van der Waals surface area contributed by atoms with E-state index in [1.54, 1.807) is 18.2 Å². The van der Waals surface area contributed by atoms with Gasteiger partial charge in [-0.3, -0.25) is 4.90 Å². The minimum absolute atomic E-state index is 0.142. The van der Waals surface area contributed by atoms with E-state index < -0.39 is 6.36 Å². The Morgan fingerprint density at radius 1 is 1.00 bits per heavy atom. The molecule has 0 radical (unpaired) electrons. The predicted molar refractivity (Wildman–Crippen MR) is 147 cm³/mol. The molecule has 0 saturated heterocycles. The molecule has 3 aromatic rings. The average molecular weight is 566 g/mol. The van der Waals surface area contributed by atoms with Crippen molar-refractivity contribution in [3.63, 3.8) is 0 Å². The highest BCUT2D eigenvalue weighted by Crippen LogP contribution is 2.29. The molecule has 1 aliphatic rings. The van der Waals surface area contributed by atoms with Gasteiger partial charge in [0.25, 0.3) is 0 Å². The van der Waals surface area contributed by atoms with Crippen molar-refractivity contribution in [2.45, 2.75) is 51.6 Å². The molecule has 0 spiro atoms. The fraction of sp³-hybridized carbons (Fsp3) is 0.367. The largest absolute Gasteiger partial charge is 0.573 e. The van der Waals surface area contributed by atoms with Crippen LogP contribution in [0.25, 0.3) is 0 Å². The summed E-state index contributed by atoms with van der Waals surface area (Å²) in [6.07, 6.45) is -1.70. The van der Waals surface area contributed by atoms with Crippen molar-refractivity contribution in [1.82, 2.24) is 4.90 Å². The first-order chi connectivity index (χ1) is 18.6. The number of nitrogens with zero attached hydrogens (tertiary/aromatic N) is 1. The normalized spacial score (nSPS) is 13.2. The molecule has 1 unspecified atom stereocenters. The maximum Gasteiger partial charge on any atom is 0.573 e. The van der Waals surface area contributed by atoms with Crippen LogP contribution in [0.2, 0.25) is 5.02 Å². The van der Waals surface area contributed by atoms with Crippen LogP contribution in [-0.2, 0) is 17.8 Å². The molecule has 212 valence electrons. The second-order valence-corrected chi connectivity index (χ2v) is 9.49. The molecule has 0 aromatic heterocycles. The number of rotatable bonds is 7. The van der Waals surface area contributed by atoms with Crippen LogP contribution in [0.15, 0.2) is 72.8 Å². The summed E-state index contributed by atoms with van der Waals surface area (Å²) in [6.45, 7) is 3.78. The third-order valence-electron chi connectivity index (χ3n) is 5.94. The number of carbonyl (C=O) groups excluding carboxylic acids is 1. The van der Waals surface area contributed by atoms with Gasteiger partial charge >= 0.3 is 12.3 Å². The van der Waals surface area contributed by atoms with Gasteiger partial charge in [-0.15, -0.1) is 13.2 Å². The van der Waals surface area contributed by atoms with Crippen LogP contribution in [0.3, 0.4) is 0 Å². The molecule has 0 amide bonds. The lowest BCUT2D eigenvalue weighted by Crippen LogP contribution is -2.17. The Kier molecular flexibility index (Phi) is 13.3. The van der Waals surface area contributed by atoms with Crippen molar-refractivity contribution >= 4 is 17.6 Å². The molecule has 0 fully saturated rings. The van der Waals surface area contributed by atoms with Gasteiger partial charge in [0.15, 0.2) is 0 Å². The second-order valence-electron chi connectivity index (χ2n) is 9.06. The summed E-state index contributed by atoms with van der Waals surface area (Å²) in [6, 6.07) is 21.4. The van der Waals surface area contributed by atoms with Gasteiger partial charge in [-0.05, 0) is 78.9 Å². The summed E-state index contributed by atoms with van der Waals surface area (Å²) in [5, 5.41) is 9.83. The molecule has 0 saturated carbocycles. The lowest BCUT2D eigenvalue weighted by molar-refractivity contribution is -0.274. The number of methoxy groups -OCH3 is 1. The van der Waals surface area contributed by atoms with Crippen LogP contribution in [0, 0.1) is 0 Å². The quantitative estimate of drug-likeness (QED) is 0.299. The lowest BCUT2D eigenvalue weighted by atomic mass is 9.91. The molecular weight excluding hydrogens is 531 g/mol. The van der Waals surface area contributed by atoms with Gasteiger partial charge in [-0.2, -0.15) is 0 Å². The fourth-order valence-electron chi connectivity index (χ4n) is 4.14. The number of aliphatic hydroxyl groups is 1. The van der Waals surface area contributed by atoms with Gasteiger partial charge in [-0.1, -0.05) is 61.3 Å². The van der Waals surface area contributed by atoms with Crippen molar-refractivity contribution in [1.29, 1.82) is 0 Å². The van der Waals surface area contributed by atoms with E-state index in [9.17, 15) is 18.0 Å². The van der Waals surface area contributed by atoms with E-state index in [1.165, 1.54) is 24.8 Å². The van der Waals surface area contributed by atoms with Crippen LogP contribution in [0.4, 0.5) is 13.2 Å². The Morgan fingerprint density at radius 3 is 2.15 bits per heavy atom. The first-order valence-corrected chi connectivity index (χ1v) is 13.0. The third-order valence-corrected chi connectivity index (χ3v) is 6.19. The number of hydrogen-bond donors (Lipinski definition) is 1. The molecule has 0 bridgehead atoms. The molecule has 4 rings (SSSR count). The van der Waals surface area contributed by atoms with Crippen molar-refractivity contribution in [3.8, 4) is 5.75 Å². The van der Waals surface area contributed by atoms with Gasteiger partial charge < -0.3 is 14.6 Å². The number of carbonyl (C=O) groups is 1. The predicted octanol–water partition coefficient (Wildman–Crippen LogP) is 7.61. The summed E-state index contributed by atoms with van der Waals surface area (Å²) >= 11 is 5.54. The van der Waals surface area contributed by atoms with E-state index in [-0.39, 0.29) is 18.3 Å². The zero-order valence-electron chi connectivity index (χ0n) is 22.4. The van der Waals surface area contributed by atoms with Crippen molar-refractivity contribution < 1.29 is 32.5 Å². The number of ether oxygens (including phenoxy) is 2. The highest BCUT2D eigenvalue weighted by Gasteiger charge is 2.31. The highest BCUT2D eigenvalue weighted by molar-refractivity contribution is 6.30. The van der Waals surface area contributed by atoms with Gasteiger partial charge in [0, 0.05) is 24.7 Å². The summed E-state index contributed by atoms with van der Waals surface area (Å²) in [5.74, 6) is -0.0843. The smallest absolute Gasteiger partial charge is 0.465 e. The number of benzene rings is 3. The van der Waals surface area contributed by atoms with E-state index >= 15 is 0 Å². The number of hydrogen-bond acceptors (Lipinski definition) is 5. The van der Waals surface area contributed by atoms with Gasteiger partial charge in [0.2, 0.25) is 0 Å². The number of halogens is 4. The number of aliphatic hydroxyl groups excluding tert-OH is 1.